The van der Waals surface area contributed by atoms with E-state index >= 15 is 0 Å². The summed E-state index contributed by atoms with van der Waals surface area (Å²) in [6, 6.07) is 0. The molecule has 1 aliphatic rings. The van der Waals surface area contributed by atoms with Gasteiger partial charge < -0.3 is 21.5 Å². The lowest BCUT2D eigenvalue weighted by Crippen LogP contribution is -2.32. The van der Waals surface area contributed by atoms with Crippen LogP contribution in [0.15, 0.2) is 47.0 Å². The summed E-state index contributed by atoms with van der Waals surface area (Å²) in [6.45, 7) is 3.30. The van der Waals surface area contributed by atoms with Gasteiger partial charge in [0.2, 0.25) is 0 Å². The summed E-state index contributed by atoms with van der Waals surface area (Å²) >= 11 is 0. The van der Waals surface area contributed by atoms with Gasteiger partial charge in [-0.05, 0) is 18.4 Å². The number of allylic oxidation sites excluding steroid dienone is 5. The Kier molecular flexibility index (Phi) is 5.52. The van der Waals surface area contributed by atoms with E-state index in [1.165, 1.54) is 0 Å². The predicted octanol–water partition coefficient (Wildman–Crippen LogP) is 3.03. The van der Waals surface area contributed by atoms with E-state index in [2.05, 4.69) is 17.2 Å². The van der Waals surface area contributed by atoms with Crippen molar-refractivity contribution in [2.45, 2.75) is 19.0 Å². The Morgan fingerprint density at radius 3 is 2.48 bits per heavy atom. The predicted molar refractivity (Wildman–Crippen MR) is 77.4 cm³/mol. The summed E-state index contributed by atoms with van der Waals surface area (Å²) in [5.41, 5.74) is -0.0697. The highest BCUT2D eigenvalue weighted by Gasteiger charge is 2.36. The Labute approximate surface area is 121 Å². The van der Waals surface area contributed by atoms with Crippen LogP contribution in [0.25, 0.3) is 0 Å². The minimum Gasteiger partial charge on any atom is -0.386 e. The zero-order chi connectivity index (χ0) is 16.0. The molecule has 1 aliphatic carbocycles. The van der Waals surface area contributed by atoms with Crippen molar-refractivity contribution in [3.05, 3.63) is 47.0 Å². The summed E-state index contributed by atoms with van der Waals surface area (Å²) < 4.78 is 39.4. The lowest BCUT2D eigenvalue weighted by atomic mass is 10.00. The first-order chi connectivity index (χ1) is 9.88. The number of alkyl halides is 3. The molecule has 4 nitrogen and oxygen atoms in total. The number of rotatable bonds is 6. The molecule has 0 amide bonds. The molecule has 0 aromatic rings. The molecule has 0 radical (unpaired) electrons. The summed E-state index contributed by atoms with van der Waals surface area (Å²) in [7, 11) is 1.58. The molecule has 0 atom stereocenters. The number of hydrogen-bond donors (Lipinski definition) is 4. The number of likely N-dealkylation sites (N-methyl/N-ethyl adjacent to an activating group) is 1. The third-order valence-electron chi connectivity index (χ3n) is 2.98. The van der Waals surface area contributed by atoms with Crippen LogP contribution in [0.3, 0.4) is 0 Å². The van der Waals surface area contributed by atoms with Gasteiger partial charge in [0, 0.05) is 25.0 Å². The van der Waals surface area contributed by atoms with Crippen LogP contribution in [-0.2, 0) is 0 Å². The van der Waals surface area contributed by atoms with E-state index in [1.54, 1.807) is 13.1 Å². The van der Waals surface area contributed by atoms with Gasteiger partial charge in [-0.15, -0.1) is 0 Å². The lowest BCUT2D eigenvalue weighted by molar-refractivity contribution is -0.0960. The maximum absolute atomic E-state index is 13.1. The molecule has 1 rings (SSSR count). The Morgan fingerprint density at radius 2 is 2.05 bits per heavy atom. The minimum absolute atomic E-state index is 0.246. The van der Waals surface area contributed by atoms with E-state index in [0.29, 0.717) is 30.3 Å². The van der Waals surface area contributed by atoms with E-state index in [0.717, 1.165) is 12.3 Å². The molecule has 0 aromatic heterocycles. The average Bonchev–Trinajstić information content (AvgIpc) is 2.45. The lowest BCUT2D eigenvalue weighted by Gasteiger charge is -2.24. The Morgan fingerprint density at radius 1 is 1.38 bits per heavy atom. The number of halogens is 3. The highest BCUT2D eigenvalue weighted by molar-refractivity contribution is 5.81. The zero-order valence-corrected chi connectivity index (χ0v) is 11.6. The van der Waals surface area contributed by atoms with Gasteiger partial charge in [-0.2, -0.15) is 13.2 Å². The van der Waals surface area contributed by atoms with Crippen LogP contribution < -0.4 is 10.6 Å². The first kappa shape index (κ1) is 16.7. The zero-order valence-electron chi connectivity index (χ0n) is 11.6. The van der Waals surface area contributed by atoms with Crippen molar-refractivity contribution >= 4 is 12.4 Å². The van der Waals surface area contributed by atoms with Gasteiger partial charge in [0.1, 0.15) is 5.70 Å². The number of nitrogens with one attached hydrogen (secondary N) is 4. The Balaban J connectivity index is 3.28. The van der Waals surface area contributed by atoms with Gasteiger partial charge in [0.05, 0.1) is 11.4 Å². The molecule has 0 aliphatic heterocycles. The van der Waals surface area contributed by atoms with E-state index in [1.807, 2.05) is 0 Å². The normalized spacial score (nSPS) is 16.7. The molecule has 114 valence electrons. The summed E-state index contributed by atoms with van der Waals surface area (Å²) in [4.78, 5) is 0. The SMILES string of the molecule is C=C/C(C=N)=C(/NC1=CCCC(C=N)=C1NC)C(F)(F)F. The van der Waals surface area contributed by atoms with Gasteiger partial charge in [0.15, 0.2) is 0 Å². The molecule has 0 bridgehead atoms. The molecule has 0 saturated heterocycles. The summed E-state index contributed by atoms with van der Waals surface area (Å²) in [5, 5.41) is 19.5. The van der Waals surface area contributed by atoms with E-state index in [4.69, 9.17) is 10.8 Å². The molecular formula is C14H17F3N4. The Bertz CT molecular complexity index is 529. The van der Waals surface area contributed by atoms with Crippen LogP contribution in [0.5, 0.6) is 0 Å². The van der Waals surface area contributed by atoms with Crippen molar-refractivity contribution in [3.8, 4) is 0 Å². The fourth-order valence-electron chi connectivity index (χ4n) is 2.00. The fraction of sp³-hybridized carbons (Fsp3) is 0.286. The molecule has 0 heterocycles. The summed E-state index contributed by atoms with van der Waals surface area (Å²) in [6.07, 6.45) is 0.839. The smallest absolute Gasteiger partial charge is 0.386 e. The highest BCUT2D eigenvalue weighted by Crippen LogP contribution is 2.29. The standard InChI is InChI=1S/C14H17F3N4/c1-3-9(7-18)13(14(15,16)17)21-11-6-4-5-10(8-19)12(11)20-2/h3,6-8,18-21H,1,4-5H2,2H3/b13-9-,18-7?,19-8?. The van der Waals surface area contributed by atoms with Crippen molar-refractivity contribution < 1.29 is 13.2 Å². The summed E-state index contributed by atoms with van der Waals surface area (Å²) in [5.74, 6) is 0. The molecule has 21 heavy (non-hydrogen) atoms. The monoisotopic (exact) mass is 298 g/mol. The van der Waals surface area contributed by atoms with Gasteiger partial charge in [-0.1, -0.05) is 18.7 Å². The third-order valence-corrected chi connectivity index (χ3v) is 2.98. The van der Waals surface area contributed by atoms with Crippen LogP contribution in [0.2, 0.25) is 0 Å². The molecule has 0 unspecified atom stereocenters. The van der Waals surface area contributed by atoms with Crippen LogP contribution in [0.4, 0.5) is 13.2 Å². The second-order valence-electron chi connectivity index (χ2n) is 4.25. The maximum Gasteiger partial charge on any atom is 0.431 e. The molecule has 0 saturated carbocycles. The second-order valence-corrected chi connectivity index (χ2v) is 4.25. The van der Waals surface area contributed by atoms with Crippen LogP contribution in [0, 0.1) is 10.8 Å². The first-order valence-electron chi connectivity index (χ1n) is 6.22. The Hall–Kier alpha value is -2.31. The molecule has 0 aromatic carbocycles. The largest absolute Gasteiger partial charge is 0.431 e. The van der Waals surface area contributed by atoms with Crippen LogP contribution >= 0.6 is 0 Å². The molecule has 0 spiro atoms. The average molecular weight is 298 g/mol. The van der Waals surface area contributed by atoms with Crippen molar-refractivity contribution in [3.63, 3.8) is 0 Å². The van der Waals surface area contributed by atoms with E-state index in [-0.39, 0.29) is 11.3 Å². The molecule has 0 fully saturated rings. The van der Waals surface area contributed by atoms with Gasteiger partial charge in [0.25, 0.3) is 0 Å². The van der Waals surface area contributed by atoms with Crippen LogP contribution in [-0.4, -0.2) is 25.7 Å². The van der Waals surface area contributed by atoms with E-state index in [9.17, 15) is 13.2 Å². The highest BCUT2D eigenvalue weighted by atomic mass is 19.4. The van der Waals surface area contributed by atoms with Gasteiger partial charge >= 0.3 is 6.18 Å². The molecule has 7 heteroatoms. The van der Waals surface area contributed by atoms with Gasteiger partial charge in [-0.25, -0.2) is 0 Å². The first-order valence-corrected chi connectivity index (χ1v) is 6.22. The quantitative estimate of drug-likeness (QED) is 0.449. The minimum atomic E-state index is -4.64. The second kappa shape index (κ2) is 6.92. The van der Waals surface area contributed by atoms with E-state index < -0.39 is 11.9 Å². The van der Waals surface area contributed by atoms with Crippen molar-refractivity contribution in [1.29, 1.82) is 10.8 Å². The van der Waals surface area contributed by atoms with Crippen molar-refractivity contribution in [2.75, 3.05) is 7.05 Å². The fourth-order valence-corrected chi connectivity index (χ4v) is 2.00. The van der Waals surface area contributed by atoms with Crippen molar-refractivity contribution in [2.24, 2.45) is 0 Å². The third kappa shape index (κ3) is 3.84. The van der Waals surface area contributed by atoms with Crippen LogP contribution in [0.1, 0.15) is 12.8 Å². The number of hydrogen-bond acceptors (Lipinski definition) is 4. The van der Waals surface area contributed by atoms with Gasteiger partial charge in [-0.3, -0.25) is 0 Å². The molecular weight excluding hydrogens is 281 g/mol. The molecule has 4 N–H and O–H groups in total. The maximum atomic E-state index is 13.1. The topological polar surface area (TPSA) is 71.8 Å². The van der Waals surface area contributed by atoms with Crippen molar-refractivity contribution in [1.82, 2.24) is 10.6 Å².